The van der Waals surface area contributed by atoms with E-state index in [1.165, 1.54) is 10.5 Å². The molecule has 90 valence electrons. The first kappa shape index (κ1) is 12.2. The number of carbonyl (C=O) groups excluding carboxylic acids is 1. The monoisotopic (exact) mass is 247 g/mol. The molecule has 1 amide bonds. The van der Waals surface area contributed by atoms with E-state index in [9.17, 15) is 4.79 Å². The van der Waals surface area contributed by atoms with Crippen LogP contribution >= 0.6 is 11.8 Å². The minimum absolute atomic E-state index is 0.0108. The van der Waals surface area contributed by atoms with Crippen molar-refractivity contribution in [3.8, 4) is 0 Å². The molecule has 1 aliphatic rings. The van der Waals surface area contributed by atoms with Gasteiger partial charge in [0.1, 0.15) is 0 Å². The Bertz CT molecular complexity index is 449. The zero-order valence-corrected chi connectivity index (χ0v) is 11.0. The lowest BCUT2D eigenvalue weighted by atomic mass is 10.0. The van der Waals surface area contributed by atoms with Crippen molar-refractivity contribution in [2.75, 3.05) is 5.75 Å². The minimum Gasteiger partial charge on any atom is -0.346 e. The first-order chi connectivity index (χ1) is 8.16. The maximum atomic E-state index is 11.7. The number of nitrogens with one attached hydrogen (secondary N) is 1. The van der Waals surface area contributed by atoms with Gasteiger partial charge in [-0.25, -0.2) is 0 Å². The van der Waals surface area contributed by atoms with Gasteiger partial charge in [0.2, 0.25) is 5.91 Å². The van der Waals surface area contributed by atoms with Gasteiger partial charge >= 0.3 is 0 Å². The van der Waals surface area contributed by atoms with Gasteiger partial charge in [0, 0.05) is 16.7 Å². The number of carbonyl (C=O) groups is 1. The fraction of sp³-hybridized carbons (Fsp3) is 0.357. The molecule has 0 spiro atoms. The van der Waals surface area contributed by atoms with Crippen molar-refractivity contribution in [1.29, 1.82) is 0 Å². The van der Waals surface area contributed by atoms with Crippen molar-refractivity contribution in [2.24, 2.45) is 0 Å². The van der Waals surface area contributed by atoms with Gasteiger partial charge in [0.05, 0.1) is 6.04 Å². The molecule has 1 aromatic rings. The van der Waals surface area contributed by atoms with Crippen LogP contribution in [0.1, 0.15) is 31.9 Å². The SMILES string of the molecule is CC(C)=CC(=O)NC1CCSc2ccccc21. The molecule has 0 saturated carbocycles. The lowest BCUT2D eigenvalue weighted by molar-refractivity contribution is -0.117. The fourth-order valence-electron chi connectivity index (χ4n) is 1.97. The first-order valence-electron chi connectivity index (χ1n) is 5.84. The highest BCUT2D eigenvalue weighted by Gasteiger charge is 2.20. The van der Waals surface area contributed by atoms with Gasteiger partial charge < -0.3 is 5.32 Å². The molecule has 1 N–H and O–H groups in total. The molecule has 2 nitrogen and oxygen atoms in total. The van der Waals surface area contributed by atoms with Crippen molar-refractivity contribution >= 4 is 17.7 Å². The van der Waals surface area contributed by atoms with Gasteiger partial charge in [-0.1, -0.05) is 23.8 Å². The maximum absolute atomic E-state index is 11.7. The number of thioether (sulfide) groups is 1. The molecule has 0 aromatic heterocycles. The Hall–Kier alpha value is -1.22. The zero-order chi connectivity index (χ0) is 12.3. The topological polar surface area (TPSA) is 29.1 Å². The third-order valence-electron chi connectivity index (χ3n) is 2.69. The lowest BCUT2D eigenvalue weighted by Crippen LogP contribution is -2.29. The third-order valence-corrected chi connectivity index (χ3v) is 3.82. The van der Waals surface area contributed by atoms with E-state index in [0.29, 0.717) is 0 Å². The molecule has 0 radical (unpaired) electrons. The molecule has 1 aliphatic heterocycles. The standard InChI is InChI=1S/C14H17NOS/c1-10(2)9-14(16)15-12-7-8-17-13-6-4-3-5-11(12)13/h3-6,9,12H,7-8H2,1-2H3,(H,15,16). The van der Waals surface area contributed by atoms with E-state index in [4.69, 9.17) is 0 Å². The normalized spacial score (nSPS) is 18.1. The second-order valence-electron chi connectivity index (χ2n) is 4.46. The Kier molecular flexibility index (Phi) is 3.89. The molecule has 1 unspecified atom stereocenters. The summed E-state index contributed by atoms with van der Waals surface area (Å²) >= 11 is 1.87. The van der Waals surface area contributed by atoms with E-state index in [1.807, 2.05) is 37.7 Å². The smallest absolute Gasteiger partial charge is 0.244 e. The highest BCUT2D eigenvalue weighted by molar-refractivity contribution is 7.99. The average molecular weight is 247 g/mol. The Balaban J connectivity index is 2.14. The fourth-order valence-corrected chi connectivity index (χ4v) is 3.09. The maximum Gasteiger partial charge on any atom is 0.244 e. The Morgan fingerprint density at radius 3 is 2.94 bits per heavy atom. The zero-order valence-electron chi connectivity index (χ0n) is 10.2. The first-order valence-corrected chi connectivity index (χ1v) is 6.82. The van der Waals surface area contributed by atoms with Crippen LogP contribution in [-0.2, 0) is 4.79 Å². The molecular weight excluding hydrogens is 230 g/mol. The summed E-state index contributed by atoms with van der Waals surface area (Å²) in [6.45, 7) is 3.87. The Labute approximate surface area is 106 Å². The van der Waals surface area contributed by atoms with Crippen LogP contribution in [0.5, 0.6) is 0 Å². The molecule has 3 heteroatoms. The summed E-state index contributed by atoms with van der Waals surface area (Å²) in [5, 5.41) is 3.08. The number of fused-ring (bicyclic) bond motifs is 1. The number of rotatable bonds is 2. The molecular formula is C14H17NOS. The van der Waals surface area contributed by atoms with Crippen LogP contribution in [0.3, 0.4) is 0 Å². The summed E-state index contributed by atoms with van der Waals surface area (Å²) in [6, 6.07) is 8.47. The summed E-state index contributed by atoms with van der Waals surface area (Å²) in [5.74, 6) is 1.08. The molecule has 0 fully saturated rings. The molecule has 17 heavy (non-hydrogen) atoms. The summed E-state index contributed by atoms with van der Waals surface area (Å²) in [6.07, 6.45) is 2.66. The van der Waals surface area contributed by atoms with Crippen LogP contribution in [0.4, 0.5) is 0 Å². The van der Waals surface area contributed by atoms with Crippen molar-refractivity contribution < 1.29 is 4.79 Å². The molecule has 0 saturated heterocycles. The van der Waals surface area contributed by atoms with Crippen molar-refractivity contribution in [1.82, 2.24) is 5.32 Å². The molecule has 1 heterocycles. The molecule has 0 bridgehead atoms. The predicted molar refractivity (Wildman–Crippen MR) is 72.1 cm³/mol. The minimum atomic E-state index is 0.0108. The van der Waals surface area contributed by atoms with Gasteiger partial charge in [0.25, 0.3) is 0 Å². The Morgan fingerprint density at radius 2 is 2.18 bits per heavy atom. The van der Waals surface area contributed by atoms with Gasteiger partial charge in [0.15, 0.2) is 0 Å². The second kappa shape index (κ2) is 5.41. The highest BCUT2D eigenvalue weighted by atomic mass is 32.2. The number of benzene rings is 1. The van der Waals surface area contributed by atoms with Crippen LogP contribution in [0, 0.1) is 0 Å². The van der Waals surface area contributed by atoms with E-state index < -0.39 is 0 Å². The number of hydrogen-bond donors (Lipinski definition) is 1. The van der Waals surface area contributed by atoms with E-state index in [2.05, 4.69) is 17.4 Å². The van der Waals surface area contributed by atoms with Gasteiger partial charge in [-0.05, 0) is 31.9 Å². The van der Waals surface area contributed by atoms with Crippen molar-refractivity contribution in [2.45, 2.75) is 31.2 Å². The van der Waals surface area contributed by atoms with Crippen LogP contribution in [0.25, 0.3) is 0 Å². The molecule has 1 atom stereocenters. The molecule has 0 aliphatic carbocycles. The quantitative estimate of drug-likeness (QED) is 0.812. The van der Waals surface area contributed by atoms with Crippen molar-refractivity contribution in [3.63, 3.8) is 0 Å². The van der Waals surface area contributed by atoms with E-state index >= 15 is 0 Å². The summed E-state index contributed by atoms with van der Waals surface area (Å²) < 4.78 is 0. The third kappa shape index (κ3) is 3.13. The van der Waals surface area contributed by atoms with Crippen LogP contribution in [0.2, 0.25) is 0 Å². The van der Waals surface area contributed by atoms with E-state index in [1.54, 1.807) is 6.08 Å². The Morgan fingerprint density at radius 1 is 1.41 bits per heavy atom. The predicted octanol–water partition coefficient (Wildman–Crippen LogP) is 3.31. The largest absolute Gasteiger partial charge is 0.346 e. The van der Waals surface area contributed by atoms with Crippen LogP contribution in [0.15, 0.2) is 40.8 Å². The van der Waals surface area contributed by atoms with Gasteiger partial charge in [-0.15, -0.1) is 11.8 Å². The number of allylic oxidation sites excluding steroid dienone is 1. The second-order valence-corrected chi connectivity index (χ2v) is 5.59. The highest BCUT2D eigenvalue weighted by Crippen LogP contribution is 2.35. The van der Waals surface area contributed by atoms with E-state index in [0.717, 1.165) is 17.7 Å². The number of amides is 1. The van der Waals surface area contributed by atoms with E-state index in [-0.39, 0.29) is 11.9 Å². The van der Waals surface area contributed by atoms with Gasteiger partial charge in [-0.2, -0.15) is 0 Å². The van der Waals surface area contributed by atoms with Gasteiger partial charge in [-0.3, -0.25) is 4.79 Å². The lowest BCUT2D eigenvalue weighted by Gasteiger charge is -2.25. The summed E-state index contributed by atoms with van der Waals surface area (Å²) in [5.41, 5.74) is 2.28. The molecule has 1 aromatic carbocycles. The summed E-state index contributed by atoms with van der Waals surface area (Å²) in [4.78, 5) is 13.0. The van der Waals surface area contributed by atoms with Crippen LogP contribution < -0.4 is 5.32 Å². The number of hydrogen-bond acceptors (Lipinski definition) is 2. The van der Waals surface area contributed by atoms with Crippen molar-refractivity contribution in [3.05, 3.63) is 41.5 Å². The van der Waals surface area contributed by atoms with Crippen LogP contribution in [-0.4, -0.2) is 11.7 Å². The molecule has 2 rings (SSSR count). The summed E-state index contributed by atoms with van der Waals surface area (Å²) in [7, 11) is 0. The average Bonchev–Trinajstić information content (AvgIpc) is 2.28.